The molecular weight excluding hydrogens is 364 g/mol. The highest BCUT2D eigenvalue weighted by molar-refractivity contribution is 9.10. The van der Waals surface area contributed by atoms with Crippen molar-refractivity contribution in [3.8, 4) is 0 Å². The highest BCUT2D eigenvalue weighted by Crippen LogP contribution is 2.37. The Morgan fingerprint density at radius 1 is 0.905 bits per heavy atom. The maximum absolute atomic E-state index is 6.57. The molecular formula is C18H14BrClS. The number of benzene rings is 2. The molecule has 0 saturated heterocycles. The van der Waals surface area contributed by atoms with Crippen LogP contribution < -0.4 is 0 Å². The van der Waals surface area contributed by atoms with Crippen LogP contribution in [0.4, 0.5) is 0 Å². The van der Waals surface area contributed by atoms with E-state index in [2.05, 4.69) is 69.8 Å². The van der Waals surface area contributed by atoms with Gasteiger partial charge in [-0.3, -0.25) is 0 Å². The Labute approximate surface area is 142 Å². The van der Waals surface area contributed by atoms with Gasteiger partial charge in [0.15, 0.2) is 0 Å². The van der Waals surface area contributed by atoms with Gasteiger partial charge in [-0.25, -0.2) is 0 Å². The highest BCUT2D eigenvalue weighted by atomic mass is 79.9. The molecule has 3 heteroatoms. The van der Waals surface area contributed by atoms with Gasteiger partial charge in [-0.1, -0.05) is 54.6 Å². The fourth-order valence-corrected chi connectivity index (χ4v) is 4.43. The van der Waals surface area contributed by atoms with E-state index in [-0.39, 0.29) is 5.38 Å². The van der Waals surface area contributed by atoms with Crippen LogP contribution in [0.1, 0.15) is 26.9 Å². The summed E-state index contributed by atoms with van der Waals surface area (Å²) in [6.07, 6.45) is 0.955. The molecule has 0 fully saturated rings. The fraction of sp³-hybridized carbons (Fsp3) is 0.111. The van der Waals surface area contributed by atoms with Crippen molar-refractivity contribution >= 4 is 38.9 Å². The smallest absolute Gasteiger partial charge is 0.0939 e. The standard InChI is InChI=1S/C18H14BrClS/c19-16-10-11-21-18(16)17(20)15-8-6-14(7-9-15)12-13-4-2-1-3-5-13/h1-11,17H,12H2. The summed E-state index contributed by atoms with van der Waals surface area (Å²) in [6.45, 7) is 0. The third-order valence-electron chi connectivity index (χ3n) is 3.40. The van der Waals surface area contributed by atoms with Crippen LogP contribution in [0.3, 0.4) is 0 Å². The summed E-state index contributed by atoms with van der Waals surface area (Å²) in [5, 5.41) is 1.96. The molecule has 0 N–H and O–H groups in total. The zero-order valence-corrected chi connectivity index (χ0v) is 14.5. The van der Waals surface area contributed by atoms with Crippen LogP contribution in [0.15, 0.2) is 70.5 Å². The molecule has 0 nitrogen and oxygen atoms in total. The second-order valence-corrected chi connectivity index (χ2v) is 7.14. The lowest BCUT2D eigenvalue weighted by Crippen LogP contribution is -1.93. The Morgan fingerprint density at radius 2 is 1.57 bits per heavy atom. The average molecular weight is 378 g/mol. The molecule has 0 spiro atoms. The number of alkyl halides is 1. The third-order valence-corrected chi connectivity index (χ3v) is 5.93. The first-order chi connectivity index (χ1) is 10.2. The van der Waals surface area contributed by atoms with E-state index in [4.69, 9.17) is 11.6 Å². The van der Waals surface area contributed by atoms with Crippen LogP contribution in [-0.2, 0) is 6.42 Å². The van der Waals surface area contributed by atoms with E-state index >= 15 is 0 Å². The SMILES string of the molecule is ClC(c1ccc(Cc2ccccc2)cc1)c1sccc1Br. The van der Waals surface area contributed by atoms with Crippen molar-refractivity contribution in [2.24, 2.45) is 0 Å². The molecule has 1 unspecified atom stereocenters. The molecule has 0 aliphatic rings. The normalized spacial score (nSPS) is 12.3. The number of rotatable bonds is 4. The lowest BCUT2D eigenvalue weighted by atomic mass is 10.0. The van der Waals surface area contributed by atoms with Crippen LogP contribution >= 0.6 is 38.9 Å². The average Bonchev–Trinajstić information content (AvgIpc) is 2.94. The predicted molar refractivity (Wildman–Crippen MR) is 95.4 cm³/mol. The van der Waals surface area contributed by atoms with E-state index < -0.39 is 0 Å². The lowest BCUT2D eigenvalue weighted by Gasteiger charge is -2.10. The van der Waals surface area contributed by atoms with Crippen molar-refractivity contribution in [3.05, 3.63) is 92.1 Å². The number of halogens is 2. The fourth-order valence-electron chi connectivity index (χ4n) is 2.27. The van der Waals surface area contributed by atoms with E-state index in [1.165, 1.54) is 11.1 Å². The minimum atomic E-state index is -0.0925. The first kappa shape index (κ1) is 14.8. The van der Waals surface area contributed by atoms with Crippen LogP contribution in [0.2, 0.25) is 0 Å². The summed E-state index contributed by atoms with van der Waals surface area (Å²) >= 11 is 11.8. The lowest BCUT2D eigenvalue weighted by molar-refractivity contribution is 1.14. The molecule has 0 aliphatic carbocycles. The second kappa shape index (κ2) is 6.78. The van der Waals surface area contributed by atoms with Crippen LogP contribution in [-0.4, -0.2) is 0 Å². The Balaban J connectivity index is 1.77. The summed E-state index contributed by atoms with van der Waals surface area (Å²) in [6, 6.07) is 21.1. The minimum absolute atomic E-state index is 0.0925. The minimum Gasteiger partial charge on any atom is -0.146 e. The van der Waals surface area contributed by atoms with Gasteiger partial charge in [0.2, 0.25) is 0 Å². The summed E-state index contributed by atoms with van der Waals surface area (Å²) in [5.41, 5.74) is 3.77. The molecule has 0 amide bonds. The maximum atomic E-state index is 6.57. The molecule has 106 valence electrons. The summed E-state index contributed by atoms with van der Waals surface area (Å²) in [4.78, 5) is 1.16. The first-order valence-corrected chi connectivity index (χ1v) is 8.84. The first-order valence-electron chi connectivity index (χ1n) is 6.74. The molecule has 3 aromatic rings. The van der Waals surface area contributed by atoms with Crippen molar-refractivity contribution in [1.82, 2.24) is 0 Å². The largest absolute Gasteiger partial charge is 0.146 e. The van der Waals surface area contributed by atoms with Gasteiger partial charge < -0.3 is 0 Å². The van der Waals surface area contributed by atoms with Crippen molar-refractivity contribution in [2.45, 2.75) is 11.8 Å². The molecule has 1 aromatic heterocycles. The Hall–Kier alpha value is -1.09. The van der Waals surface area contributed by atoms with Crippen molar-refractivity contribution in [3.63, 3.8) is 0 Å². The van der Waals surface area contributed by atoms with E-state index in [9.17, 15) is 0 Å². The van der Waals surface area contributed by atoms with Crippen LogP contribution in [0.25, 0.3) is 0 Å². The maximum Gasteiger partial charge on any atom is 0.0939 e. The summed E-state index contributed by atoms with van der Waals surface area (Å²) in [5.74, 6) is 0. The second-order valence-electron chi connectivity index (χ2n) is 4.90. The Kier molecular flexibility index (Phi) is 4.79. The number of hydrogen-bond acceptors (Lipinski definition) is 1. The Bertz CT molecular complexity index is 704. The van der Waals surface area contributed by atoms with Crippen LogP contribution in [0, 0.1) is 0 Å². The van der Waals surface area contributed by atoms with Gasteiger partial charge in [0.05, 0.1) is 5.38 Å². The van der Waals surface area contributed by atoms with Gasteiger partial charge in [0.1, 0.15) is 0 Å². The molecule has 21 heavy (non-hydrogen) atoms. The van der Waals surface area contributed by atoms with Crippen LogP contribution in [0.5, 0.6) is 0 Å². The number of hydrogen-bond donors (Lipinski definition) is 0. The van der Waals surface area contributed by atoms with Gasteiger partial charge in [-0.2, -0.15) is 0 Å². The van der Waals surface area contributed by atoms with Crippen molar-refractivity contribution in [2.75, 3.05) is 0 Å². The molecule has 1 heterocycles. The molecule has 3 rings (SSSR count). The zero-order chi connectivity index (χ0) is 14.7. The summed E-state index contributed by atoms with van der Waals surface area (Å²) in [7, 11) is 0. The van der Waals surface area contributed by atoms with Crippen molar-refractivity contribution in [1.29, 1.82) is 0 Å². The Morgan fingerprint density at radius 3 is 2.19 bits per heavy atom. The highest BCUT2D eigenvalue weighted by Gasteiger charge is 2.15. The quantitative estimate of drug-likeness (QED) is 0.460. The molecule has 0 aliphatic heterocycles. The third kappa shape index (κ3) is 3.57. The van der Waals surface area contributed by atoms with E-state index in [1.54, 1.807) is 11.3 Å². The topological polar surface area (TPSA) is 0 Å². The van der Waals surface area contributed by atoms with Gasteiger partial charge in [0.25, 0.3) is 0 Å². The van der Waals surface area contributed by atoms with Gasteiger partial charge >= 0.3 is 0 Å². The molecule has 1 atom stereocenters. The zero-order valence-electron chi connectivity index (χ0n) is 11.3. The monoisotopic (exact) mass is 376 g/mol. The van der Waals surface area contributed by atoms with Crippen molar-refractivity contribution < 1.29 is 0 Å². The van der Waals surface area contributed by atoms with Gasteiger partial charge in [-0.05, 0) is 50.5 Å². The van der Waals surface area contributed by atoms with E-state index in [0.717, 1.165) is 21.3 Å². The van der Waals surface area contributed by atoms with E-state index in [1.807, 2.05) is 12.1 Å². The molecule has 0 saturated carbocycles. The van der Waals surface area contributed by atoms with Gasteiger partial charge in [-0.15, -0.1) is 22.9 Å². The molecule has 2 aromatic carbocycles. The van der Waals surface area contributed by atoms with Gasteiger partial charge in [0, 0.05) is 9.35 Å². The summed E-state index contributed by atoms with van der Waals surface area (Å²) < 4.78 is 1.08. The predicted octanol–water partition coefficient (Wildman–Crippen LogP) is 6.43. The number of thiophene rings is 1. The molecule has 0 bridgehead atoms. The van der Waals surface area contributed by atoms with E-state index in [0.29, 0.717) is 0 Å². The molecule has 0 radical (unpaired) electrons.